The van der Waals surface area contributed by atoms with Crippen LogP contribution in [0.2, 0.25) is 0 Å². The van der Waals surface area contributed by atoms with Crippen LogP contribution in [0.4, 0.5) is 5.69 Å². The number of nitrogens with one attached hydrogen (secondary N) is 1. The van der Waals surface area contributed by atoms with Gasteiger partial charge in [-0.1, -0.05) is 24.3 Å². The van der Waals surface area contributed by atoms with Crippen molar-refractivity contribution in [3.05, 3.63) is 83.4 Å². The number of carbonyl (C=O) groups excluding carboxylic acids is 3. The first-order chi connectivity index (χ1) is 16.9. The molecule has 0 aliphatic rings. The van der Waals surface area contributed by atoms with Crippen LogP contribution in [0.3, 0.4) is 0 Å². The smallest absolute Gasteiger partial charge is 0.338 e. The summed E-state index contributed by atoms with van der Waals surface area (Å²) in [5.74, 6) is -0.315. The van der Waals surface area contributed by atoms with Crippen LogP contribution in [0.5, 0.6) is 17.2 Å². The third-order valence-electron chi connectivity index (χ3n) is 4.88. The van der Waals surface area contributed by atoms with Crippen molar-refractivity contribution >= 4 is 23.5 Å². The molecule has 9 heteroatoms. The Balaban J connectivity index is 1.57. The minimum absolute atomic E-state index is 0.0178. The molecular weight excluding hydrogens is 454 g/mol. The summed E-state index contributed by atoms with van der Waals surface area (Å²) in [6.07, 6.45) is 0. The quantitative estimate of drug-likeness (QED) is 0.437. The average molecular weight is 479 g/mol. The highest BCUT2D eigenvalue weighted by molar-refractivity contribution is 5.93. The Morgan fingerprint density at radius 1 is 0.743 bits per heavy atom. The molecule has 0 unspecified atom stereocenters. The lowest BCUT2D eigenvalue weighted by Crippen LogP contribution is -2.20. The topological polar surface area (TPSA) is 109 Å². The fourth-order valence-corrected chi connectivity index (χ4v) is 3.08. The van der Waals surface area contributed by atoms with Crippen LogP contribution in [-0.4, -0.2) is 45.8 Å². The Labute approximate surface area is 202 Å². The van der Waals surface area contributed by atoms with E-state index in [1.807, 2.05) is 0 Å². The van der Waals surface area contributed by atoms with Gasteiger partial charge in [-0.05, 0) is 48.0 Å². The zero-order valence-electron chi connectivity index (χ0n) is 19.5. The van der Waals surface area contributed by atoms with E-state index in [1.165, 1.54) is 39.5 Å². The molecular formula is C26H25NO8. The van der Waals surface area contributed by atoms with Gasteiger partial charge in [0.25, 0.3) is 5.91 Å². The summed E-state index contributed by atoms with van der Waals surface area (Å²) in [6, 6.07) is 18.1. The zero-order valence-corrected chi connectivity index (χ0v) is 19.5. The normalized spacial score (nSPS) is 10.1. The van der Waals surface area contributed by atoms with Gasteiger partial charge in [0.1, 0.15) is 12.4 Å². The molecule has 35 heavy (non-hydrogen) atoms. The molecule has 3 rings (SSSR count). The van der Waals surface area contributed by atoms with Crippen LogP contribution in [0.15, 0.2) is 66.7 Å². The molecule has 3 aromatic rings. The SMILES string of the molecule is COC(=O)c1ccc(COC(=O)c2ccc(OCC(=O)Nc3ccccc3OC)c(OC)c2)cc1. The largest absolute Gasteiger partial charge is 0.495 e. The molecule has 1 N–H and O–H groups in total. The van der Waals surface area contributed by atoms with Gasteiger partial charge in [0.05, 0.1) is 38.1 Å². The standard InChI is InChI=1S/C26H25NO8/c1-31-21-7-5-4-6-20(21)27-24(28)16-34-22-13-12-19(14-23(22)32-2)26(30)35-15-17-8-10-18(11-9-17)25(29)33-3/h4-14H,15-16H2,1-3H3,(H,27,28). The second-order valence-electron chi connectivity index (χ2n) is 7.17. The van der Waals surface area contributed by atoms with Crippen molar-refractivity contribution in [2.75, 3.05) is 33.3 Å². The van der Waals surface area contributed by atoms with Crippen molar-refractivity contribution < 1.29 is 38.1 Å². The fraction of sp³-hybridized carbons (Fsp3) is 0.192. The summed E-state index contributed by atoms with van der Waals surface area (Å²) in [5.41, 5.74) is 1.88. The lowest BCUT2D eigenvalue weighted by molar-refractivity contribution is -0.118. The van der Waals surface area contributed by atoms with E-state index in [0.29, 0.717) is 22.6 Å². The number of anilines is 1. The van der Waals surface area contributed by atoms with Crippen LogP contribution < -0.4 is 19.5 Å². The van der Waals surface area contributed by atoms with Crippen LogP contribution >= 0.6 is 0 Å². The van der Waals surface area contributed by atoms with Gasteiger partial charge in [-0.2, -0.15) is 0 Å². The molecule has 0 aliphatic heterocycles. The highest BCUT2D eigenvalue weighted by Crippen LogP contribution is 2.29. The first kappa shape index (κ1) is 25.1. The van der Waals surface area contributed by atoms with Crippen LogP contribution in [0.25, 0.3) is 0 Å². The van der Waals surface area contributed by atoms with Crippen molar-refractivity contribution in [2.24, 2.45) is 0 Å². The number of rotatable bonds is 10. The first-order valence-electron chi connectivity index (χ1n) is 10.5. The van der Waals surface area contributed by atoms with Gasteiger partial charge in [-0.25, -0.2) is 9.59 Å². The lowest BCUT2D eigenvalue weighted by atomic mass is 10.1. The van der Waals surface area contributed by atoms with Crippen LogP contribution in [0, 0.1) is 0 Å². The molecule has 0 fully saturated rings. The van der Waals surface area contributed by atoms with Crippen molar-refractivity contribution in [1.29, 1.82) is 0 Å². The predicted octanol–water partition coefficient (Wildman–Crippen LogP) is 3.86. The van der Waals surface area contributed by atoms with Gasteiger partial charge in [-0.15, -0.1) is 0 Å². The third-order valence-corrected chi connectivity index (χ3v) is 4.88. The van der Waals surface area contributed by atoms with Crippen molar-refractivity contribution in [2.45, 2.75) is 6.61 Å². The summed E-state index contributed by atoms with van der Waals surface area (Å²) >= 11 is 0. The van der Waals surface area contributed by atoms with Gasteiger partial charge in [0, 0.05) is 0 Å². The molecule has 0 radical (unpaired) electrons. The molecule has 0 aromatic heterocycles. The maximum absolute atomic E-state index is 12.5. The molecule has 0 heterocycles. The zero-order chi connectivity index (χ0) is 25.2. The summed E-state index contributed by atoms with van der Waals surface area (Å²) in [5, 5.41) is 2.71. The number of ether oxygens (including phenoxy) is 5. The van der Waals surface area contributed by atoms with Crippen LogP contribution in [0.1, 0.15) is 26.3 Å². The predicted molar refractivity (Wildman–Crippen MR) is 127 cm³/mol. The number of hydrogen-bond acceptors (Lipinski definition) is 8. The number of para-hydroxylation sites is 2. The molecule has 1 amide bonds. The fourth-order valence-electron chi connectivity index (χ4n) is 3.08. The number of carbonyl (C=O) groups is 3. The Kier molecular flexibility index (Phi) is 8.66. The van der Waals surface area contributed by atoms with E-state index in [0.717, 1.165) is 0 Å². The number of esters is 2. The van der Waals surface area contributed by atoms with Gasteiger partial charge in [0.15, 0.2) is 18.1 Å². The Hall–Kier alpha value is -4.53. The van der Waals surface area contributed by atoms with E-state index < -0.39 is 17.8 Å². The molecule has 0 aliphatic carbocycles. The molecule has 9 nitrogen and oxygen atoms in total. The van der Waals surface area contributed by atoms with Crippen molar-refractivity contribution in [3.63, 3.8) is 0 Å². The van der Waals surface area contributed by atoms with Crippen LogP contribution in [-0.2, 0) is 20.9 Å². The number of methoxy groups -OCH3 is 3. The molecule has 0 atom stereocenters. The van der Waals surface area contributed by atoms with Crippen molar-refractivity contribution in [1.82, 2.24) is 0 Å². The highest BCUT2D eigenvalue weighted by Gasteiger charge is 2.15. The Bertz CT molecular complexity index is 1190. The average Bonchev–Trinajstić information content (AvgIpc) is 2.90. The van der Waals surface area contributed by atoms with Crippen molar-refractivity contribution in [3.8, 4) is 17.2 Å². The lowest BCUT2D eigenvalue weighted by Gasteiger charge is -2.13. The minimum atomic E-state index is -0.569. The summed E-state index contributed by atoms with van der Waals surface area (Å²) in [6.45, 7) is -0.260. The van der Waals surface area contributed by atoms with E-state index in [-0.39, 0.29) is 30.3 Å². The third kappa shape index (κ3) is 6.73. The van der Waals surface area contributed by atoms with Gasteiger partial charge in [-0.3, -0.25) is 4.79 Å². The van der Waals surface area contributed by atoms with E-state index in [4.69, 9.17) is 18.9 Å². The maximum Gasteiger partial charge on any atom is 0.338 e. The monoisotopic (exact) mass is 479 g/mol. The summed E-state index contributed by atoms with van der Waals surface area (Å²) in [4.78, 5) is 36.3. The van der Waals surface area contributed by atoms with E-state index in [2.05, 4.69) is 10.1 Å². The summed E-state index contributed by atoms with van der Waals surface area (Å²) < 4.78 is 26.1. The van der Waals surface area contributed by atoms with E-state index in [1.54, 1.807) is 48.5 Å². The first-order valence-corrected chi connectivity index (χ1v) is 10.5. The van der Waals surface area contributed by atoms with E-state index >= 15 is 0 Å². The van der Waals surface area contributed by atoms with Gasteiger partial charge in [0.2, 0.25) is 0 Å². The highest BCUT2D eigenvalue weighted by atomic mass is 16.5. The number of benzene rings is 3. The van der Waals surface area contributed by atoms with Gasteiger partial charge < -0.3 is 29.0 Å². The maximum atomic E-state index is 12.5. The second-order valence-corrected chi connectivity index (χ2v) is 7.17. The molecule has 0 saturated carbocycles. The van der Waals surface area contributed by atoms with Gasteiger partial charge >= 0.3 is 11.9 Å². The molecule has 0 bridgehead atoms. The number of hydrogen-bond donors (Lipinski definition) is 1. The molecule has 182 valence electrons. The van der Waals surface area contributed by atoms with E-state index in [9.17, 15) is 14.4 Å². The molecule has 0 spiro atoms. The summed E-state index contributed by atoms with van der Waals surface area (Å²) in [7, 11) is 4.24. The minimum Gasteiger partial charge on any atom is -0.495 e. The molecule has 0 saturated heterocycles. The number of amides is 1. The Morgan fingerprint density at radius 3 is 2.11 bits per heavy atom. The second kappa shape index (κ2) is 12.1. The molecule has 3 aromatic carbocycles. The Morgan fingerprint density at radius 2 is 1.43 bits per heavy atom.